The first-order valence-electron chi connectivity index (χ1n) is 9.92. The molecule has 1 atom stereocenters. The Morgan fingerprint density at radius 2 is 1.82 bits per heavy atom. The molecule has 0 fully saturated rings. The Labute approximate surface area is 191 Å². The van der Waals surface area contributed by atoms with Gasteiger partial charge in [-0.25, -0.2) is 9.18 Å². The van der Waals surface area contributed by atoms with Crippen LogP contribution in [-0.4, -0.2) is 22.8 Å². The summed E-state index contributed by atoms with van der Waals surface area (Å²) in [6, 6.07) is 13.3. The van der Waals surface area contributed by atoms with Gasteiger partial charge in [-0.15, -0.1) is 0 Å². The average molecular weight is 465 g/mol. The summed E-state index contributed by atoms with van der Waals surface area (Å²) in [5, 5.41) is 9.28. The minimum absolute atomic E-state index is 0.0222. The lowest BCUT2D eigenvalue weighted by Crippen LogP contribution is -2.21. The van der Waals surface area contributed by atoms with E-state index >= 15 is 0 Å². The van der Waals surface area contributed by atoms with Crippen LogP contribution in [0, 0.1) is 5.82 Å². The highest BCUT2D eigenvalue weighted by atomic mass is 35.5. The second-order valence-electron chi connectivity index (χ2n) is 7.59. The second-order valence-corrected chi connectivity index (χ2v) is 7.99. The van der Waals surface area contributed by atoms with Crippen molar-refractivity contribution in [3.8, 4) is 11.5 Å². The smallest absolute Gasteiger partial charge is 0.335 e. The fraction of sp³-hybridized carbons (Fsp3) is 0.0800. The molecule has 0 aliphatic carbocycles. The van der Waals surface area contributed by atoms with E-state index < -0.39 is 29.5 Å². The topological polar surface area (TPSA) is 89.9 Å². The molecule has 0 bridgehead atoms. The van der Waals surface area contributed by atoms with Crippen LogP contribution in [0.25, 0.3) is 6.08 Å². The van der Waals surface area contributed by atoms with E-state index in [1.54, 1.807) is 12.1 Å². The maximum absolute atomic E-state index is 14.3. The lowest BCUT2D eigenvalue weighted by atomic mass is 9.84. The SMILES string of the molecule is O=C1CC(c2ccc(C(=O)O)cc2)c2c(ccc3c2OC(=Cc2c(F)cccc2Cl)C3=O)O1. The van der Waals surface area contributed by atoms with Crippen LogP contribution >= 0.6 is 11.6 Å². The van der Waals surface area contributed by atoms with Crippen molar-refractivity contribution in [2.24, 2.45) is 0 Å². The zero-order valence-electron chi connectivity index (χ0n) is 16.8. The lowest BCUT2D eigenvalue weighted by molar-refractivity contribution is -0.135. The molecular weight excluding hydrogens is 451 g/mol. The number of fused-ring (bicyclic) bond motifs is 3. The van der Waals surface area contributed by atoms with Crippen LogP contribution in [0.3, 0.4) is 0 Å². The number of hydrogen-bond donors (Lipinski definition) is 1. The van der Waals surface area contributed by atoms with Gasteiger partial charge in [0.2, 0.25) is 5.78 Å². The number of esters is 1. The van der Waals surface area contributed by atoms with Crippen molar-refractivity contribution in [1.29, 1.82) is 0 Å². The molecule has 0 amide bonds. The number of aromatic carboxylic acids is 1. The van der Waals surface area contributed by atoms with Crippen LogP contribution in [0.5, 0.6) is 11.5 Å². The summed E-state index contributed by atoms with van der Waals surface area (Å²) < 4.78 is 25.5. The Balaban J connectivity index is 1.61. The van der Waals surface area contributed by atoms with Crippen molar-refractivity contribution >= 4 is 35.4 Å². The monoisotopic (exact) mass is 464 g/mol. The summed E-state index contributed by atoms with van der Waals surface area (Å²) >= 11 is 6.09. The Morgan fingerprint density at radius 1 is 1.06 bits per heavy atom. The molecule has 2 aliphatic heterocycles. The third-order valence-corrected chi connectivity index (χ3v) is 5.94. The number of carboxylic acid groups (broad SMARTS) is 1. The predicted octanol–water partition coefficient (Wildman–Crippen LogP) is 5.23. The molecule has 8 heteroatoms. The first kappa shape index (κ1) is 20.9. The minimum atomic E-state index is -1.07. The highest BCUT2D eigenvalue weighted by Crippen LogP contribution is 2.49. The van der Waals surface area contributed by atoms with Gasteiger partial charge in [-0.05, 0) is 48.0 Å². The third kappa shape index (κ3) is 3.56. The molecule has 0 spiro atoms. The first-order chi connectivity index (χ1) is 15.8. The normalized spacial score (nSPS) is 17.9. The summed E-state index contributed by atoms with van der Waals surface area (Å²) in [6.45, 7) is 0. The zero-order valence-corrected chi connectivity index (χ0v) is 17.6. The number of ketones is 1. The van der Waals surface area contributed by atoms with Crippen LogP contribution in [0.4, 0.5) is 4.39 Å². The third-order valence-electron chi connectivity index (χ3n) is 5.61. The Morgan fingerprint density at radius 3 is 2.52 bits per heavy atom. The quantitative estimate of drug-likeness (QED) is 0.324. The van der Waals surface area contributed by atoms with Crippen LogP contribution < -0.4 is 9.47 Å². The average Bonchev–Trinajstić information content (AvgIpc) is 3.11. The second kappa shape index (κ2) is 7.86. The molecule has 0 saturated carbocycles. The Bertz CT molecular complexity index is 1360. The zero-order chi connectivity index (χ0) is 23.3. The Hall–Kier alpha value is -3.97. The molecule has 33 heavy (non-hydrogen) atoms. The van der Waals surface area contributed by atoms with E-state index in [0.29, 0.717) is 11.1 Å². The van der Waals surface area contributed by atoms with E-state index in [1.807, 2.05) is 0 Å². The van der Waals surface area contributed by atoms with E-state index in [2.05, 4.69) is 0 Å². The van der Waals surface area contributed by atoms with Crippen molar-refractivity contribution in [2.45, 2.75) is 12.3 Å². The van der Waals surface area contributed by atoms with E-state index in [4.69, 9.17) is 26.2 Å². The fourth-order valence-corrected chi connectivity index (χ4v) is 4.25. The molecular formula is C25H14ClFO6. The maximum atomic E-state index is 14.3. The minimum Gasteiger partial charge on any atom is -0.478 e. The number of Topliss-reactive ketones (excluding diaryl/α,β-unsaturated/α-hetero) is 1. The maximum Gasteiger partial charge on any atom is 0.335 e. The number of allylic oxidation sites excluding steroid dienone is 1. The number of benzene rings is 3. The van der Waals surface area contributed by atoms with Crippen molar-refractivity contribution in [3.63, 3.8) is 0 Å². The molecule has 3 aromatic carbocycles. The summed E-state index contributed by atoms with van der Waals surface area (Å²) in [5.41, 5.74) is 1.53. The van der Waals surface area contributed by atoms with Gasteiger partial charge < -0.3 is 14.6 Å². The van der Waals surface area contributed by atoms with Gasteiger partial charge in [-0.3, -0.25) is 9.59 Å². The van der Waals surface area contributed by atoms with E-state index in [9.17, 15) is 18.8 Å². The molecule has 1 N–H and O–H groups in total. The highest BCUT2D eigenvalue weighted by molar-refractivity contribution is 6.32. The van der Waals surface area contributed by atoms with Gasteiger partial charge >= 0.3 is 11.9 Å². The highest BCUT2D eigenvalue weighted by Gasteiger charge is 2.38. The van der Waals surface area contributed by atoms with Gasteiger partial charge in [0, 0.05) is 17.0 Å². The Kier molecular flexibility index (Phi) is 4.98. The summed E-state index contributed by atoms with van der Waals surface area (Å²) in [6.07, 6.45) is 1.23. The van der Waals surface area contributed by atoms with Gasteiger partial charge in [0.05, 0.1) is 22.6 Å². The van der Waals surface area contributed by atoms with E-state index in [1.165, 1.54) is 48.5 Å². The van der Waals surface area contributed by atoms with E-state index in [0.717, 1.165) is 0 Å². The largest absolute Gasteiger partial charge is 0.478 e. The van der Waals surface area contributed by atoms with Crippen LogP contribution in [0.1, 0.15) is 49.7 Å². The van der Waals surface area contributed by atoms with Crippen molar-refractivity contribution in [2.75, 3.05) is 0 Å². The van der Waals surface area contributed by atoms with Gasteiger partial charge in [-0.1, -0.05) is 29.8 Å². The number of carbonyl (C=O) groups excluding carboxylic acids is 2. The molecule has 2 aliphatic rings. The number of carbonyl (C=O) groups is 3. The molecule has 2 heterocycles. The lowest BCUT2D eigenvalue weighted by Gasteiger charge is -2.26. The van der Waals surface area contributed by atoms with Crippen LogP contribution in [0.15, 0.2) is 60.4 Å². The molecule has 0 radical (unpaired) electrons. The number of carboxylic acids is 1. The molecule has 164 valence electrons. The van der Waals surface area contributed by atoms with Gasteiger partial charge in [0.15, 0.2) is 5.76 Å². The number of ether oxygens (including phenoxy) is 2. The van der Waals surface area contributed by atoms with Crippen molar-refractivity contribution < 1.29 is 33.4 Å². The number of hydrogen-bond acceptors (Lipinski definition) is 5. The van der Waals surface area contributed by atoms with Crippen molar-refractivity contribution in [1.82, 2.24) is 0 Å². The summed E-state index contributed by atoms with van der Waals surface area (Å²) in [5.74, 6) is -2.76. The number of rotatable bonds is 3. The molecule has 3 aromatic rings. The first-order valence-corrected chi connectivity index (χ1v) is 10.3. The van der Waals surface area contributed by atoms with Crippen LogP contribution in [-0.2, 0) is 4.79 Å². The molecule has 6 nitrogen and oxygen atoms in total. The van der Waals surface area contributed by atoms with Gasteiger partial charge in [0.1, 0.15) is 17.3 Å². The molecule has 0 saturated heterocycles. The van der Waals surface area contributed by atoms with Crippen LogP contribution in [0.2, 0.25) is 5.02 Å². The predicted molar refractivity (Wildman–Crippen MR) is 116 cm³/mol. The number of halogens is 2. The summed E-state index contributed by atoms with van der Waals surface area (Å²) in [7, 11) is 0. The fourth-order valence-electron chi connectivity index (χ4n) is 4.03. The molecule has 5 rings (SSSR count). The van der Waals surface area contributed by atoms with E-state index in [-0.39, 0.29) is 45.4 Å². The molecule has 0 aromatic heterocycles. The standard InChI is InChI=1S/C25H14ClFO6/c26-17-2-1-3-18(27)16(17)10-20-23(29)14-8-9-19-22(24(14)33-20)15(11-21(28)32-19)12-4-6-13(7-5-12)25(30)31/h1-10,15H,11H2,(H,30,31). The van der Waals surface area contributed by atoms with Gasteiger partial charge in [-0.2, -0.15) is 0 Å². The van der Waals surface area contributed by atoms with Gasteiger partial charge in [0.25, 0.3) is 0 Å². The summed E-state index contributed by atoms with van der Waals surface area (Å²) in [4.78, 5) is 36.4. The van der Waals surface area contributed by atoms with Crippen molar-refractivity contribution in [3.05, 3.63) is 99.0 Å². The molecule has 1 unspecified atom stereocenters.